The van der Waals surface area contributed by atoms with Crippen LogP contribution < -0.4 is 4.90 Å². The van der Waals surface area contributed by atoms with Crippen molar-refractivity contribution in [3.63, 3.8) is 0 Å². The fourth-order valence-electron chi connectivity index (χ4n) is 3.93. The predicted molar refractivity (Wildman–Crippen MR) is 109 cm³/mol. The summed E-state index contributed by atoms with van der Waals surface area (Å²) in [6, 6.07) is 12.7. The number of carboxylic acids is 1. The van der Waals surface area contributed by atoms with E-state index in [1.165, 1.54) is 0 Å². The van der Waals surface area contributed by atoms with E-state index in [1.54, 1.807) is 47.6 Å². The molecular formula is C22H19F3N4O4. The monoisotopic (exact) mass is 460 g/mol. The molecule has 1 aromatic carbocycles. The third-order valence-electron chi connectivity index (χ3n) is 5.50. The molecule has 11 heteroatoms. The van der Waals surface area contributed by atoms with E-state index in [9.17, 15) is 22.8 Å². The van der Waals surface area contributed by atoms with Crippen LogP contribution in [0.4, 0.5) is 18.9 Å². The van der Waals surface area contributed by atoms with Crippen molar-refractivity contribution in [1.82, 2.24) is 9.88 Å². The van der Waals surface area contributed by atoms with Crippen molar-refractivity contribution < 1.29 is 32.7 Å². The zero-order valence-electron chi connectivity index (χ0n) is 17.2. The smallest absolute Gasteiger partial charge is 0.475 e. The number of nitriles is 1. The zero-order chi connectivity index (χ0) is 24.2. The Hall–Kier alpha value is -3.94. The second-order valence-corrected chi connectivity index (χ2v) is 7.83. The number of carbonyl (C=O) groups is 3. The maximum atomic E-state index is 12.7. The number of halogens is 3. The highest BCUT2D eigenvalue weighted by atomic mass is 19.4. The van der Waals surface area contributed by atoms with E-state index in [0.717, 1.165) is 12.1 Å². The van der Waals surface area contributed by atoms with E-state index in [-0.39, 0.29) is 17.2 Å². The first kappa shape index (κ1) is 23.7. The molecule has 2 aliphatic heterocycles. The number of rotatable bonds is 2. The summed E-state index contributed by atoms with van der Waals surface area (Å²) in [5, 5.41) is 16.2. The lowest BCUT2D eigenvalue weighted by Crippen LogP contribution is -2.34. The molecule has 1 atom stereocenters. The van der Waals surface area contributed by atoms with Crippen LogP contribution in [-0.4, -0.2) is 58.6 Å². The van der Waals surface area contributed by atoms with Crippen molar-refractivity contribution in [2.75, 3.05) is 24.5 Å². The number of amides is 2. The Morgan fingerprint density at radius 3 is 2.42 bits per heavy atom. The van der Waals surface area contributed by atoms with E-state index in [0.29, 0.717) is 37.2 Å². The van der Waals surface area contributed by atoms with Gasteiger partial charge in [-0.1, -0.05) is 6.07 Å². The SMILES string of the molecule is N#Cc1cccc(N2CC3(CCN(C(=O)c4ccncc4)C3)CC2=O)c1.O=C(O)C(F)(F)F. The van der Waals surface area contributed by atoms with Crippen molar-refractivity contribution in [3.8, 4) is 6.07 Å². The summed E-state index contributed by atoms with van der Waals surface area (Å²) in [5.74, 6) is -2.72. The molecule has 2 saturated heterocycles. The van der Waals surface area contributed by atoms with Crippen LogP contribution in [0, 0.1) is 16.7 Å². The molecule has 0 saturated carbocycles. The number of hydrogen-bond donors (Lipinski definition) is 1. The van der Waals surface area contributed by atoms with Gasteiger partial charge in [0.15, 0.2) is 0 Å². The Bertz CT molecular complexity index is 1100. The topological polar surface area (TPSA) is 115 Å². The number of benzene rings is 1. The highest BCUT2D eigenvalue weighted by molar-refractivity contribution is 5.97. The number of pyridine rings is 1. The van der Waals surface area contributed by atoms with Crippen LogP contribution >= 0.6 is 0 Å². The summed E-state index contributed by atoms with van der Waals surface area (Å²) < 4.78 is 31.7. The van der Waals surface area contributed by atoms with Gasteiger partial charge in [0, 0.05) is 55.1 Å². The van der Waals surface area contributed by atoms with E-state index < -0.39 is 12.1 Å². The second kappa shape index (κ2) is 9.28. The van der Waals surface area contributed by atoms with Crippen molar-refractivity contribution in [3.05, 3.63) is 59.9 Å². The van der Waals surface area contributed by atoms with E-state index >= 15 is 0 Å². The highest BCUT2D eigenvalue weighted by Gasteiger charge is 2.48. The zero-order valence-corrected chi connectivity index (χ0v) is 17.2. The summed E-state index contributed by atoms with van der Waals surface area (Å²) in [4.78, 5) is 41.7. The molecule has 2 aromatic rings. The number of nitrogens with zero attached hydrogens (tertiary/aromatic N) is 4. The lowest BCUT2D eigenvalue weighted by Gasteiger charge is -2.24. The minimum Gasteiger partial charge on any atom is -0.475 e. The number of hydrogen-bond acceptors (Lipinski definition) is 5. The molecule has 2 aliphatic rings. The minimum atomic E-state index is -5.08. The number of aromatic nitrogens is 1. The largest absolute Gasteiger partial charge is 0.490 e. The first-order valence-electron chi connectivity index (χ1n) is 9.85. The number of carbonyl (C=O) groups excluding carboxylic acids is 2. The highest BCUT2D eigenvalue weighted by Crippen LogP contribution is 2.42. The first-order chi connectivity index (χ1) is 15.5. The van der Waals surface area contributed by atoms with Gasteiger partial charge in [0.25, 0.3) is 5.91 Å². The number of alkyl halides is 3. The number of likely N-dealkylation sites (tertiary alicyclic amines) is 1. The quantitative estimate of drug-likeness (QED) is 0.737. The van der Waals surface area contributed by atoms with Crippen LogP contribution in [0.5, 0.6) is 0 Å². The normalized spacial score (nSPS) is 19.8. The summed E-state index contributed by atoms with van der Waals surface area (Å²) >= 11 is 0. The molecular weight excluding hydrogens is 441 g/mol. The summed E-state index contributed by atoms with van der Waals surface area (Å²) in [6.07, 6.45) is -0.613. The van der Waals surface area contributed by atoms with E-state index in [1.807, 2.05) is 11.0 Å². The standard InChI is InChI=1S/C20H18N4O2.C2HF3O2/c21-12-15-2-1-3-17(10-15)24-14-20(11-18(24)25)6-9-23(13-20)19(26)16-4-7-22-8-5-16;3-2(4,5)1(6)7/h1-5,7-8,10H,6,9,11,13-14H2;(H,6,7). The molecule has 0 radical (unpaired) electrons. The first-order valence-corrected chi connectivity index (χ1v) is 9.85. The average molecular weight is 460 g/mol. The van der Waals surface area contributed by atoms with Crippen LogP contribution in [0.15, 0.2) is 48.8 Å². The second-order valence-electron chi connectivity index (χ2n) is 7.83. The van der Waals surface area contributed by atoms with Gasteiger partial charge in [0.1, 0.15) is 0 Å². The summed E-state index contributed by atoms with van der Waals surface area (Å²) in [7, 11) is 0. The van der Waals surface area contributed by atoms with Gasteiger partial charge in [-0.05, 0) is 36.8 Å². The van der Waals surface area contributed by atoms with Gasteiger partial charge in [-0.15, -0.1) is 0 Å². The Kier molecular flexibility index (Phi) is 6.67. The van der Waals surface area contributed by atoms with Gasteiger partial charge < -0.3 is 14.9 Å². The molecule has 8 nitrogen and oxygen atoms in total. The Morgan fingerprint density at radius 1 is 1.15 bits per heavy atom. The fraction of sp³-hybridized carbons (Fsp3) is 0.318. The van der Waals surface area contributed by atoms with Crippen LogP contribution in [-0.2, 0) is 9.59 Å². The molecule has 2 fully saturated rings. The number of carboxylic acid groups (broad SMARTS) is 1. The third-order valence-corrected chi connectivity index (χ3v) is 5.50. The molecule has 0 bridgehead atoms. The molecule has 2 amide bonds. The van der Waals surface area contributed by atoms with Gasteiger partial charge >= 0.3 is 12.1 Å². The lowest BCUT2D eigenvalue weighted by molar-refractivity contribution is -0.192. The molecule has 0 aliphatic carbocycles. The predicted octanol–water partition coefficient (Wildman–Crippen LogP) is 2.86. The minimum absolute atomic E-state index is 0.0124. The van der Waals surface area contributed by atoms with Gasteiger partial charge in [0.2, 0.25) is 5.91 Å². The van der Waals surface area contributed by atoms with Crippen molar-refractivity contribution in [2.24, 2.45) is 5.41 Å². The molecule has 1 spiro atoms. The molecule has 4 rings (SSSR count). The van der Waals surface area contributed by atoms with Crippen molar-refractivity contribution in [2.45, 2.75) is 19.0 Å². The van der Waals surface area contributed by atoms with Crippen LogP contribution in [0.2, 0.25) is 0 Å². The third kappa shape index (κ3) is 5.46. The van der Waals surface area contributed by atoms with E-state index in [2.05, 4.69) is 11.1 Å². The maximum absolute atomic E-state index is 12.7. The summed E-state index contributed by atoms with van der Waals surface area (Å²) in [5.41, 5.74) is 1.71. The number of aliphatic carboxylic acids is 1. The Balaban J connectivity index is 0.000000383. The van der Waals surface area contributed by atoms with Crippen molar-refractivity contribution in [1.29, 1.82) is 5.26 Å². The van der Waals surface area contributed by atoms with Gasteiger partial charge in [0.05, 0.1) is 11.6 Å². The average Bonchev–Trinajstić information content (AvgIpc) is 3.36. The lowest BCUT2D eigenvalue weighted by atomic mass is 9.86. The molecule has 3 heterocycles. The molecule has 1 aromatic heterocycles. The Labute approximate surface area is 186 Å². The van der Waals surface area contributed by atoms with E-state index in [4.69, 9.17) is 15.2 Å². The van der Waals surface area contributed by atoms with Crippen LogP contribution in [0.3, 0.4) is 0 Å². The molecule has 172 valence electrons. The molecule has 1 unspecified atom stereocenters. The van der Waals surface area contributed by atoms with Crippen LogP contribution in [0.25, 0.3) is 0 Å². The molecule has 33 heavy (non-hydrogen) atoms. The van der Waals surface area contributed by atoms with Crippen LogP contribution in [0.1, 0.15) is 28.8 Å². The van der Waals surface area contributed by atoms with Gasteiger partial charge in [-0.25, -0.2) is 4.79 Å². The van der Waals surface area contributed by atoms with Crippen molar-refractivity contribution >= 4 is 23.5 Å². The fourth-order valence-corrected chi connectivity index (χ4v) is 3.93. The Morgan fingerprint density at radius 2 is 1.82 bits per heavy atom. The van der Waals surface area contributed by atoms with Gasteiger partial charge in [-0.2, -0.15) is 18.4 Å². The number of anilines is 1. The van der Waals surface area contributed by atoms with Gasteiger partial charge in [-0.3, -0.25) is 14.6 Å². The summed E-state index contributed by atoms with van der Waals surface area (Å²) in [6.45, 7) is 1.82. The molecule has 1 N–H and O–H groups in total. The maximum Gasteiger partial charge on any atom is 0.490 e.